The first-order chi connectivity index (χ1) is 6.41. The predicted molar refractivity (Wildman–Crippen MR) is 59.9 cm³/mol. The SMILES string of the molecule is CC(Br)Cc1ccccc1S(N)(=O)=O. The number of benzene rings is 1. The molecular weight excluding hydrogens is 266 g/mol. The molecule has 0 aliphatic heterocycles. The summed E-state index contributed by atoms with van der Waals surface area (Å²) in [5.74, 6) is 0. The average molecular weight is 278 g/mol. The minimum Gasteiger partial charge on any atom is -0.225 e. The first-order valence-electron chi connectivity index (χ1n) is 4.16. The van der Waals surface area contributed by atoms with Crippen molar-refractivity contribution in [1.82, 2.24) is 0 Å². The molecule has 0 saturated heterocycles. The van der Waals surface area contributed by atoms with E-state index in [0.29, 0.717) is 6.42 Å². The second-order valence-corrected chi connectivity index (χ2v) is 6.23. The summed E-state index contributed by atoms with van der Waals surface area (Å²) in [6, 6.07) is 6.78. The van der Waals surface area contributed by atoms with Crippen molar-refractivity contribution in [3.8, 4) is 0 Å². The molecule has 14 heavy (non-hydrogen) atoms. The summed E-state index contributed by atoms with van der Waals surface area (Å²) < 4.78 is 22.4. The minimum absolute atomic E-state index is 0.214. The zero-order valence-electron chi connectivity index (χ0n) is 7.77. The lowest BCUT2D eigenvalue weighted by molar-refractivity contribution is 0.596. The normalized spacial score (nSPS) is 13.9. The van der Waals surface area contributed by atoms with Crippen LogP contribution in [0.4, 0.5) is 0 Å². The van der Waals surface area contributed by atoms with Crippen molar-refractivity contribution in [3.05, 3.63) is 29.8 Å². The van der Waals surface area contributed by atoms with Crippen molar-refractivity contribution < 1.29 is 8.42 Å². The first-order valence-corrected chi connectivity index (χ1v) is 6.62. The molecule has 0 fully saturated rings. The Morgan fingerprint density at radius 1 is 1.43 bits per heavy atom. The third kappa shape index (κ3) is 3.08. The molecule has 5 heteroatoms. The van der Waals surface area contributed by atoms with Gasteiger partial charge in [-0.2, -0.15) is 0 Å². The van der Waals surface area contributed by atoms with Crippen LogP contribution in [-0.2, 0) is 16.4 Å². The van der Waals surface area contributed by atoms with E-state index in [0.717, 1.165) is 5.56 Å². The fraction of sp³-hybridized carbons (Fsp3) is 0.333. The fourth-order valence-corrected chi connectivity index (χ4v) is 2.39. The van der Waals surface area contributed by atoms with Gasteiger partial charge in [-0.25, -0.2) is 13.6 Å². The summed E-state index contributed by atoms with van der Waals surface area (Å²) in [5, 5.41) is 5.09. The fourth-order valence-electron chi connectivity index (χ4n) is 1.25. The summed E-state index contributed by atoms with van der Waals surface area (Å²) >= 11 is 3.38. The highest BCUT2D eigenvalue weighted by atomic mass is 79.9. The Labute approximate surface area is 92.5 Å². The van der Waals surface area contributed by atoms with Crippen LogP contribution < -0.4 is 5.14 Å². The second-order valence-electron chi connectivity index (χ2n) is 3.14. The Morgan fingerprint density at radius 3 is 2.50 bits per heavy atom. The number of primary sulfonamides is 1. The quantitative estimate of drug-likeness (QED) is 0.855. The smallest absolute Gasteiger partial charge is 0.225 e. The van der Waals surface area contributed by atoms with Gasteiger partial charge in [0.25, 0.3) is 0 Å². The monoisotopic (exact) mass is 277 g/mol. The van der Waals surface area contributed by atoms with Crippen molar-refractivity contribution in [2.24, 2.45) is 5.14 Å². The molecular formula is C9H12BrNO2S. The molecule has 3 nitrogen and oxygen atoms in total. The zero-order valence-corrected chi connectivity index (χ0v) is 10.2. The van der Waals surface area contributed by atoms with Gasteiger partial charge in [-0.15, -0.1) is 0 Å². The second kappa shape index (κ2) is 4.42. The van der Waals surface area contributed by atoms with Crippen LogP contribution >= 0.6 is 15.9 Å². The summed E-state index contributed by atoms with van der Waals surface area (Å²) in [5.41, 5.74) is 0.749. The van der Waals surface area contributed by atoms with Crippen LogP contribution in [0, 0.1) is 0 Å². The number of hydrogen-bond donors (Lipinski definition) is 1. The van der Waals surface area contributed by atoms with Crippen LogP contribution in [0.15, 0.2) is 29.2 Å². The maximum Gasteiger partial charge on any atom is 0.238 e. The number of alkyl halides is 1. The lowest BCUT2D eigenvalue weighted by atomic mass is 10.1. The van der Waals surface area contributed by atoms with Gasteiger partial charge >= 0.3 is 0 Å². The van der Waals surface area contributed by atoms with E-state index in [2.05, 4.69) is 15.9 Å². The van der Waals surface area contributed by atoms with Gasteiger partial charge in [-0.3, -0.25) is 0 Å². The van der Waals surface area contributed by atoms with Crippen LogP contribution in [0.25, 0.3) is 0 Å². The number of halogens is 1. The van der Waals surface area contributed by atoms with E-state index in [1.807, 2.05) is 6.92 Å². The van der Waals surface area contributed by atoms with Crippen LogP contribution in [0.5, 0.6) is 0 Å². The van der Waals surface area contributed by atoms with E-state index in [1.54, 1.807) is 18.2 Å². The lowest BCUT2D eigenvalue weighted by Gasteiger charge is -2.08. The van der Waals surface area contributed by atoms with E-state index >= 15 is 0 Å². The molecule has 78 valence electrons. The van der Waals surface area contributed by atoms with E-state index in [4.69, 9.17) is 5.14 Å². The summed E-state index contributed by atoms with van der Waals surface area (Å²) in [6.45, 7) is 1.96. The van der Waals surface area contributed by atoms with E-state index in [9.17, 15) is 8.42 Å². The molecule has 1 atom stereocenters. The third-order valence-corrected chi connectivity index (χ3v) is 3.12. The van der Waals surface area contributed by atoms with E-state index in [-0.39, 0.29) is 9.72 Å². The summed E-state index contributed by atoms with van der Waals surface area (Å²) in [4.78, 5) is 0.441. The minimum atomic E-state index is -3.60. The van der Waals surface area contributed by atoms with Gasteiger partial charge in [0.15, 0.2) is 0 Å². The molecule has 1 aromatic carbocycles. The highest BCUT2D eigenvalue weighted by Gasteiger charge is 2.13. The van der Waals surface area contributed by atoms with Gasteiger partial charge in [0, 0.05) is 4.83 Å². The molecule has 0 amide bonds. The van der Waals surface area contributed by atoms with Crippen molar-refractivity contribution in [2.75, 3.05) is 0 Å². The topological polar surface area (TPSA) is 60.2 Å². The molecule has 1 aromatic rings. The zero-order chi connectivity index (χ0) is 10.8. The molecule has 0 radical (unpaired) electrons. The molecule has 0 heterocycles. The van der Waals surface area contributed by atoms with Crippen LogP contribution in [-0.4, -0.2) is 13.2 Å². The van der Waals surface area contributed by atoms with E-state index in [1.165, 1.54) is 6.07 Å². The standard InChI is InChI=1S/C9H12BrNO2S/c1-7(10)6-8-4-2-3-5-9(8)14(11,12)13/h2-5,7H,6H2,1H3,(H2,11,12,13). The highest BCUT2D eigenvalue weighted by molar-refractivity contribution is 9.09. The van der Waals surface area contributed by atoms with E-state index < -0.39 is 10.0 Å². The van der Waals surface area contributed by atoms with Crippen molar-refractivity contribution in [1.29, 1.82) is 0 Å². The Balaban J connectivity index is 3.17. The van der Waals surface area contributed by atoms with Gasteiger partial charge in [0.05, 0.1) is 4.90 Å². The largest absolute Gasteiger partial charge is 0.238 e. The maximum absolute atomic E-state index is 11.2. The van der Waals surface area contributed by atoms with Crippen molar-refractivity contribution in [3.63, 3.8) is 0 Å². The molecule has 0 spiro atoms. The molecule has 0 aromatic heterocycles. The van der Waals surface area contributed by atoms with Crippen LogP contribution in [0.1, 0.15) is 12.5 Å². The van der Waals surface area contributed by atoms with Crippen molar-refractivity contribution >= 4 is 26.0 Å². The summed E-state index contributed by atoms with van der Waals surface area (Å²) in [6.07, 6.45) is 0.645. The molecule has 1 unspecified atom stereocenters. The van der Waals surface area contributed by atoms with Crippen LogP contribution in [0.3, 0.4) is 0 Å². The molecule has 0 bridgehead atoms. The van der Waals surface area contributed by atoms with Gasteiger partial charge in [0.2, 0.25) is 10.0 Å². The molecule has 1 rings (SSSR count). The lowest BCUT2D eigenvalue weighted by Crippen LogP contribution is -2.15. The Hall–Kier alpha value is -0.390. The number of nitrogens with two attached hydrogens (primary N) is 1. The first kappa shape index (κ1) is 11.7. The predicted octanol–water partition coefficient (Wildman–Crippen LogP) is 1.66. The number of rotatable bonds is 3. The Kier molecular flexibility index (Phi) is 3.69. The van der Waals surface area contributed by atoms with Gasteiger partial charge in [-0.1, -0.05) is 41.1 Å². The summed E-state index contributed by atoms with van der Waals surface area (Å²) in [7, 11) is -3.60. The maximum atomic E-state index is 11.2. The Bertz CT molecular complexity index is 415. The molecule has 0 aliphatic rings. The third-order valence-electron chi connectivity index (χ3n) is 1.78. The number of sulfonamides is 1. The molecule has 0 saturated carbocycles. The number of hydrogen-bond acceptors (Lipinski definition) is 2. The molecule has 2 N–H and O–H groups in total. The molecule has 0 aliphatic carbocycles. The van der Waals surface area contributed by atoms with Gasteiger partial charge in [-0.05, 0) is 18.1 Å². The van der Waals surface area contributed by atoms with Gasteiger partial charge < -0.3 is 0 Å². The van der Waals surface area contributed by atoms with Gasteiger partial charge in [0.1, 0.15) is 0 Å². The highest BCUT2D eigenvalue weighted by Crippen LogP contribution is 2.17. The van der Waals surface area contributed by atoms with Crippen LogP contribution in [0.2, 0.25) is 0 Å². The Morgan fingerprint density at radius 2 is 2.00 bits per heavy atom. The average Bonchev–Trinajstić information content (AvgIpc) is 2.01. The van der Waals surface area contributed by atoms with Crippen molar-refractivity contribution in [2.45, 2.75) is 23.1 Å².